The average molecular weight is 222 g/mol. The molecule has 1 heterocycles. The van der Waals surface area contributed by atoms with E-state index in [2.05, 4.69) is 4.98 Å². The van der Waals surface area contributed by atoms with Crippen LogP contribution in [0.25, 0.3) is 0 Å². The first-order valence-corrected chi connectivity index (χ1v) is 6.52. The molecule has 0 saturated heterocycles. The van der Waals surface area contributed by atoms with Crippen molar-refractivity contribution in [3.05, 3.63) is 17.8 Å². The van der Waals surface area contributed by atoms with Gasteiger partial charge in [0.15, 0.2) is 5.89 Å². The van der Waals surface area contributed by atoms with Crippen LogP contribution < -0.4 is 5.73 Å². The van der Waals surface area contributed by atoms with Gasteiger partial charge in [-0.05, 0) is 5.92 Å². The third-order valence-corrected chi connectivity index (χ3v) is 3.42. The van der Waals surface area contributed by atoms with Crippen molar-refractivity contribution >= 4 is 0 Å². The maximum absolute atomic E-state index is 5.68. The molecule has 1 aliphatic carbocycles. The van der Waals surface area contributed by atoms with Crippen LogP contribution in [-0.2, 0) is 12.8 Å². The topological polar surface area (TPSA) is 52.0 Å². The highest BCUT2D eigenvalue weighted by Gasteiger charge is 2.15. The molecular formula is C13H22N2O. The lowest BCUT2D eigenvalue weighted by Gasteiger charge is -2.10. The molecule has 1 aromatic rings. The summed E-state index contributed by atoms with van der Waals surface area (Å²) in [7, 11) is 0. The highest BCUT2D eigenvalue weighted by Crippen LogP contribution is 2.26. The van der Waals surface area contributed by atoms with E-state index in [4.69, 9.17) is 10.2 Å². The van der Waals surface area contributed by atoms with Gasteiger partial charge >= 0.3 is 0 Å². The van der Waals surface area contributed by atoms with Gasteiger partial charge in [-0.1, -0.05) is 38.5 Å². The zero-order chi connectivity index (χ0) is 11.2. The lowest BCUT2D eigenvalue weighted by molar-refractivity contribution is 0.387. The van der Waals surface area contributed by atoms with E-state index >= 15 is 0 Å². The molecular weight excluding hydrogens is 200 g/mol. The molecule has 1 aliphatic rings. The second kappa shape index (κ2) is 6.04. The van der Waals surface area contributed by atoms with Crippen molar-refractivity contribution < 1.29 is 4.42 Å². The monoisotopic (exact) mass is 222 g/mol. The summed E-state index contributed by atoms with van der Waals surface area (Å²) in [5, 5.41) is 0. The summed E-state index contributed by atoms with van der Waals surface area (Å²) in [6, 6.07) is 0. The lowest BCUT2D eigenvalue weighted by Crippen LogP contribution is -2.03. The molecule has 0 aromatic carbocycles. The SMILES string of the molecule is NCCc1ncc(CC2CCCCCC2)o1. The van der Waals surface area contributed by atoms with E-state index in [1.807, 2.05) is 6.20 Å². The van der Waals surface area contributed by atoms with Gasteiger partial charge in [0.1, 0.15) is 5.76 Å². The summed E-state index contributed by atoms with van der Waals surface area (Å²) >= 11 is 0. The van der Waals surface area contributed by atoms with E-state index < -0.39 is 0 Å². The van der Waals surface area contributed by atoms with Gasteiger partial charge in [-0.3, -0.25) is 0 Å². The predicted molar refractivity (Wildman–Crippen MR) is 64.2 cm³/mol. The lowest BCUT2D eigenvalue weighted by atomic mass is 9.96. The third kappa shape index (κ3) is 3.34. The van der Waals surface area contributed by atoms with Crippen molar-refractivity contribution in [3.63, 3.8) is 0 Å². The number of oxazole rings is 1. The number of rotatable bonds is 4. The van der Waals surface area contributed by atoms with E-state index in [9.17, 15) is 0 Å². The minimum absolute atomic E-state index is 0.614. The summed E-state index contributed by atoms with van der Waals surface area (Å²) in [4.78, 5) is 4.25. The van der Waals surface area contributed by atoms with Crippen LogP contribution in [0.3, 0.4) is 0 Å². The summed E-state index contributed by atoms with van der Waals surface area (Å²) < 4.78 is 5.68. The molecule has 0 bridgehead atoms. The molecule has 1 saturated carbocycles. The molecule has 2 N–H and O–H groups in total. The highest BCUT2D eigenvalue weighted by molar-refractivity contribution is 4.96. The standard InChI is InChI=1S/C13H22N2O/c14-8-7-13-15-10-12(16-13)9-11-5-3-1-2-4-6-11/h10-11H,1-9,14H2. The number of nitrogens with zero attached hydrogens (tertiary/aromatic N) is 1. The van der Waals surface area contributed by atoms with Crippen molar-refractivity contribution in [2.45, 2.75) is 51.4 Å². The minimum Gasteiger partial charge on any atom is -0.446 e. The molecule has 16 heavy (non-hydrogen) atoms. The van der Waals surface area contributed by atoms with Crippen LogP contribution >= 0.6 is 0 Å². The summed E-state index contributed by atoms with van der Waals surface area (Å²) in [6.07, 6.45) is 12.0. The van der Waals surface area contributed by atoms with Crippen molar-refractivity contribution in [2.75, 3.05) is 6.54 Å². The fraction of sp³-hybridized carbons (Fsp3) is 0.769. The zero-order valence-corrected chi connectivity index (χ0v) is 9.95. The molecule has 3 heteroatoms. The normalized spacial score (nSPS) is 18.6. The van der Waals surface area contributed by atoms with Crippen LogP contribution in [0.4, 0.5) is 0 Å². The fourth-order valence-electron chi connectivity index (χ4n) is 2.53. The first-order chi connectivity index (χ1) is 7.88. The molecule has 1 aromatic heterocycles. The molecule has 0 spiro atoms. The van der Waals surface area contributed by atoms with Crippen LogP contribution in [0.15, 0.2) is 10.6 Å². The van der Waals surface area contributed by atoms with Gasteiger partial charge in [0, 0.05) is 19.4 Å². The maximum atomic E-state index is 5.68. The van der Waals surface area contributed by atoms with E-state index in [0.717, 1.165) is 30.4 Å². The second-order valence-corrected chi connectivity index (χ2v) is 4.82. The van der Waals surface area contributed by atoms with Crippen molar-refractivity contribution in [3.8, 4) is 0 Å². The first kappa shape index (κ1) is 11.6. The number of nitrogens with two attached hydrogens (primary N) is 1. The quantitative estimate of drug-likeness (QED) is 0.797. The van der Waals surface area contributed by atoms with Gasteiger partial charge in [0.2, 0.25) is 0 Å². The van der Waals surface area contributed by atoms with Gasteiger partial charge in [0.25, 0.3) is 0 Å². The molecule has 0 aliphatic heterocycles. The van der Waals surface area contributed by atoms with Gasteiger partial charge in [-0.25, -0.2) is 4.98 Å². The number of hydrogen-bond donors (Lipinski definition) is 1. The molecule has 1 fully saturated rings. The van der Waals surface area contributed by atoms with Crippen molar-refractivity contribution in [2.24, 2.45) is 11.7 Å². The van der Waals surface area contributed by atoms with Gasteiger partial charge in [0.05, 0.1) is 6.20 Å². The number of hydrogen-bond acceptors (Lipinski definition) is 3. The summed E-state index contributed by atoms with van der Waals surface area (Å²) in [5.74, 6) is 2.66. The Balaban J connectivity index is 1.86. The molecule has 3 nitrogen and oxygen atoms in total. The predicted octanol–water partition coefficient (Wildman–Crippen LogP) is 2.69. The van der Waals surface area contributed by atoms with E-state index in [1.165, 1.54) is 38.5 Å². The Morgan fingerprint density at radius 3 is 2.69 bits per heavy atom. The van der Waals surface area contributed by atoms with Crippen LogP contribution in [-0.4, -0.2) is 11.5 Å². The Hall–Kier alpha value is -0.830. The molecule has 90 valence electrons. The molecule has 0 atom stereocenters. The maximum Gasteiger partial charge on any atom is 0.195 e. The Bertz CT molecular complexity index is 301. The van der Waals surface area contributed by atoms with E-state index in [0.29, 0.717) is 6.54 Å². The molecule has 0 radical (unpaired) electrons. The third-order valence-electron chi connectivity index (χ3n) is 3.42. The van der Waals surface area contributed by atoms with Gasteiger partial charge < -0.3 is 10.2 Å². The second-order valence-electron chi connectivity index (χ2n) is 4.82. The summed E-state index contributed by atoms with van der Waals surface area (Å²) in [6.45, 7) is 0.614. The van der Waals surface area contributed by atoms with Gasteiger partial charge in [-0.15, -0.1) is 0 Å². The first-order valence-electron chi connectivity index (χ1n) is 6.52. The Morgan fingerprint density at radius 2 is 2.00 bits per heavy atom. The van der Waals surface area contributed by atoms with E-state index in [1.54, 1.807) is 0 Å². The van der Waals surface area contributed by atoms with Crippen molar-refractivity contribution in [1.82, 2.24) is 4.98 Å². The Morgan fingerprint density at radius 1 is 1.25 bits per heavy atom. The fourth-order valence-corrected chi connectivity index (χ4v) is 2.53. The van der Waals surface area contributed by atoms with Gasteiger partial charge in [-0.2, -0.15) is 0 Å². The Labute approximate surface area is 97.4 Å². The largest absolute Gasteiger partial charge is 0.446 e. The van der Waals surface area contributed by atoms with Crippen LogP contribution in [0.1, 0.15) is 50.2 Å². The molecule has 0 amide bonds. The minimum atomic E-state index is 0.614. The van der Waals surface area contributed by atoms with Crippen LogP contribution in [0.5, 0.6) is 0 Å². The summed E-state index contributed by atoms with van der Waals surface area (Å²) in [5.41, 5.74) is 5.47. The molecule has 0 unspecified atom stereocenters. The van der Waals surface area contributed by atoms with E-state index in [-0.39, 0.29) is 0 Å². The smallest absolute Gasteiger partial charge is 0.195 e. The van der Waals surface area contributed by atoms with Crippen LogP contribution in [0, 0.1) is 5.92 Å². The highest BCUT2D eigenvalue weighted by atomic mass is 16.4. The number of aromatic nitrogens is 1. The average Bonchev–Trinajstić information content (AvgIpc) is 2.56. The van der Waals surface area contributed by atoms with Crippen LogP contribution in [0.2, 0.25) is 0 Å². The van der Waals surface area contributed by atoms with Crippen molar-refractivity contribution in [1.29, 1.82) is 0 Å². The zero-order valence-electron chi connectivity index (χ0n) is 9.95. The Kier molecular flexibility index (Phi) is 4.40. The molecule has 2 rings (SSSR count).